The number of nitrogens with one attached hydrogen (secondary N) is 2. The molecule has 2 heterocycles. The van der Waals surface area contributed by atoms with Crippen LogP contribution in [0.3, 0.4) is 0 Å². The van der Waals surface area contributed by atoms with Crippen LogP contribution in [0.25, 0.3) is 0 Å². The quantitative estimate of drug-likeness (QED) is 0.567. The molecule has 2 aromatic heterocycles. The van der Waals surface area contributed by atoms with Gasteiger partial charge >= 0.3 is 0 Å². The molecule has 0 spiro atoms. The first-order chi connectivity index (χ1) is 13.1. The molecule has 0 saturated carbocycles. The van der Waals surface area contributed by atoms with Gasteiger partial charge in [0, 0.05) is 29.7 Å². The lowest BCUT2D eigenvalue weighted by Gasteiger charge is -2.07. The Morgan fingerprint density at radius 3 is 2.70 bits per heavy atom. The number of hydrogen-bond acceptors (Lipinski definition) is 6. The number of aryl methyl sites for hydroxylation is 1. The number of anilines is 1. The predicted molar refractivity (Wildman–Crippen MR) is 107 cm³/mol. The zero-order valence-corrected chi connectivity index (χ0v) is 16.3. The van der Waals surface area contributed by atoms with Crippen LogP contribution in [0.1, 0.15) is 15.2 Å². The van der Waals surface area contributed by atoms with Crippen LogP contribution < -0.4 is 10.6 Å². The molecule has 0 fully saturated rings. The summed E-state index contributed by atoms with van der Waals surface area (Å²) in [6, 6.07) is 10.9. The molecule has 0 saturated heterocycles. The minimum absolute atomic E-state index is 0.123. The molecule has 0 aliphatic heterocycles. The lowest BCUT2D eigenvalue weighted by Crippen LogP contribution is -2.25. The van der Waals surface area contributed by atoms with Crippen LogP contribution in [0.4, 0.5) is 5.69 Å². The van der Waals surface area contributed by atoms with Crippen LogP contribution in [-0.2, 0) is 18.3 Å². The Morgan fingerprint density at radius 1 is 1.22 bits per heavy atom. The largest absolute Gasteiger partial charge is 0.352 e. The van der Waals surface area contributed by atoms with E-state index in [1.807, 2.05) is 18.5 Å². The van der Waals surface area contributed by atoms with E-state index < -0.39 is 0 Å². The van der Waals surface area contributed by atoms with Gasteiger partial charge in [0.05, 0.1) is 5.75 Å². The maximum absolute atomic E-state index is 12.2. The highest BCUT2D eigenvalue weighted by Gasteiger charge is 2.09. The van der Waals surface area contributed by atoms with Crippen molar-refractivity contribution in [3.8, 4) is 0 Å². The molecule has 7 nitrogen and oxygen atoms in total. The molecule has 140 valence electrons. The van der Waals surface area contributed by atoms with E-state index >= 15 is 0 Å². The first-order valence-electron chi connectivity index (χ1n) is 8.29. The van der Waals surface area contributed by atoms with E-state index in [-0.39, 0.29) is 17.6 Å². The van der Waals surface area contributed by atoms with Crippen LogP contribution in [0, 0.1) is 0 Å². The van der Waals surface area contributed by atoms with E-state index in [2.05, 4.69) is 26.9 Å². The van der Waals surface area contributed by atoms with Crippen molar-refractivity contribution in [3.05, 3.63) is 58.5 Å². The van der Waals surface area contributed by atoms with E-state index in [0.29, 0.717) is 23.0 Å². The van der Waals surface area contributed by atoms with Gasteiger partial charge in [0.15, 0.2) is 5.16 Å². The number of thiophene rings is 1. The fourth-order valence-electron chi connectivity index (χ4n) is 2.29. The highest BCUT2D eigenvalue weighted by molar-refractivity contribution is 7.99. The lowest BCUT2D eigenvalue weighted by atomic mass is 10.2. The Labute approximate surface area is 165 Å². The molecule has 3 rings (SSSR count). The highest BCUT2D eigenvalue weighted by Crippen LogP contribution is 2.15. The summed E-state index contributed by atoms with van der Waals surface area (Å²) in [4.78, 5) is 25.4. The number of hydrogen-bond donors (Lipinski definition) is 2. The van der Waals surface area contributed by atoms with Gasteiger partial charge in [-0.25, -0.2) is 0 Å². The zero-order valence-electron chi connectivity index (χ0n) is 14.7. The van der Waals surface area contributed by atoms with Crippen molar-refractivity contribution in [2.24, 2.45) is 7.05 Å². The molecule has 3 aromatic rings. The Morgan fingerprint density at radius 2 is 2.04 bits per heavy atom. The maximum Gasteiger partial charge on any atom is 0.251 e. The summed E-state index contributed by atoms with van der Waals surface area (Å²) in [5.41, 5.74) is 1.21. The zero-order chi connectivity index (χ0) is 19.1. The molecule has 0 aliphatic rings. The van der Waals surface area contributed by atoms with Crippen molar-refractivity contribution >= 4 is 40.6 Å². The number of nitrogens with zero attached hydrogens (tertiary/aromatic N) is 3. The number of aromatic nitrogens is 3. The van der Waals surface area contributed by atoms with Gasteiger partial charge in [0.1, 0.15) is 6.33 Å². The van der Waals surface area contributed by atoms with E-state index in [0.717, 1.165) is 6.42 Å². The van der Waals surface area contributed by atoms with Crippen LogP contribution in [0.15, 0.2) is 53.3 Å². The summed E-state index contributed by atoms with van der Waals surface area (Å²) in [6.45, 7) is 0.594. The SMILES string of the molecule is Cn1cnnc1SCC(=O)Nc1ccc(C(=O)NCCc2cccs2)cc1. The molecule has 2 N–H and O–H groups in total. The average molecular weight is 402 g/mol. The van der Waals surface area contributed by atoms with Gasteiger partial charge in [-0.05, 0) is 42.1 Å². The molecule has 0 radical (unpaired) electrons. The Balaban J connectivity index is 1.44. The van der Waals surface area contributed by atoms with Gasteiger partial charge in [-0.15, -0.1) is 21.5 Å². The van der Waals surface area contributed by atoms with Crippen molar-refractivity contribution < 1.29 is 9.59 Å². The summed E-state index contributed by atoms with van der Waals surface area (Å²) in [5.74, 6) is -0.0317. The number of carbonyl (C=O) groups is 2. The van der Waals surface area contributed by atoms with Crippen molar-refractivity contribution in [3.63, 3.8) is 0 Å². The van der Waals surface area contributed by atoms with Crippen molar-refractivity contribution in [2.45, 2.75) is 11.6 Å². The van der Waals surface area contributed by atoms with E-state index in [1.54, 1.807) is 46.5 Å². The number of thioether (sulfide) groups is 1. The maximum atomic E-state index is 12.2. The molecule has 0 unspecified atom stereocenters. The summed E-state index contributed by atoms with van der Waals surface area (Å²) in [6.07, 6.45) is 2.41. The van der Waals surface area contributed by atoms with E-state index in [9.17, 15) is 9.59 Å². The van der Waals surface area contributed by atoms with Gasteiger partial charge in [-0.3, -0.25) is 9.59 Å². The minimum atomic E-state index is -0.142. The van der Waals surface area contributed by atoms with Crippen LogP contribution >= 0.6 is 23.1 Å². The smallest absolute Gasteiger partial charge is 0.251 e. The number of benzene rings is 1. The van der Waals surface area contributed by atoms with Gasteiger partial charge in [-0.1, -0.05) is 17.8 Å². The molecule has 2 amide bonds. The van der Waals surface area contributed by atoms with Gasteiger partial charge < -0.3 is 15.2 Å². The minimum Gasteiger partial charge on any atom is -0.352 e. The van der Waals surface area contributed by atoms with Crippen molar-refractivity contribution in [2.75, 3.05) is 17.6 Å². The molecule has 9 heteroatoms. The van der Waals surface area contributed by atoms with Gasteiger partial charge in [0.2, 0.25) is 5.91 Å². The average Bonchev–Trinajstić information content (AvgIpc) is 3.32. The molecule has 0 atom stereocenters. The number of rotatable bonds is 8. The van der Waals surface area contributed by atoms with Crippen LogP contribution in [0.5, 0.6) is 0 Å². The highest BCUT2D eigenvalue weighted by atomic mass is 32.2. The molecule has 0 aliphatic carbocycles. The lowest BCUT2D eigenvalue weighted by molar-refractivity contribution is -0.113. The fraction of sp³-hybridized carbons (Fsp3) is 0.222. The van der Waals surface area contributed by atoms with Crippen LogP contribution in [0.2, 0.25) is 0 Å². The predicted octanol–water partition coefficient (Wildman–Crippen LogP) is 2.58. The third-order valence-corrected chi connectivity index (χ3v) is 5.64. The number of amides is 2. The molecule has 27 heavy (non-hydrogen) atoms. The Bertz CT molecular complexity index is 891. The second kappa shape index (κ2) is 9.33. The third-order valence-electron chi connectivity index (χ3n) is 3.67. The van der Waals surface area contributed by atoms with Gasteiger partial charge in [-0.2, -0.15) is 0 Å². The topological polar surface area (TPSA) is 88.9 Å². The van der Waals surface area contributed by atoms with Crippen molar-refractivity contribution in [1.82, 2.24) is 20.1 Å². The van der Waals surface area contributed by atoms with E-state index in [4.69, 9.17) is 0 Å². The second-order valence-electron chi connectivity index (χ2n) is 5.72. The first-order valence-corrected chi connectivity index (χ1v) is 10.2. The first kappa shape index (κ1) is 19.1. The van der Waals surface area contributed by atoms with E-state index in [1.165, 1.54) is 16.6 Å². The van der Waals surface area contributed by atoms with Gasteiger partial charge in [0.25, 0.3) is 5.91 Å². The standard InChI is InChI=1S/C18H19N5O2S2/c1-23-12-20-22-18(23)27-11-16(24)21-14-6-4-13(5-7-14)17(25)19-9-8-15-3-2-10-26-15/h2-7,10,12H,8-9,11H2,1H3,(H,19,25)(H,21,24). The fourth-order valence-corrected chi connectivity index (χ4v) is 3.69. The molecule has 0 bridgehead atoms. The molecule has 1 aromatic carbocycles. The summed E-state index contributed by atoms with van der Waals surface area (Å²) in [5, 5.41) is 16.1. The molecular weight excluding hydrogens is 382 g/mol. The summed E-state index contributed by atoms with van der Waals surface area (Å²) in [7, 11) is 1.82. The van der Waals surface area contributed by atoms with Crippen LogP contribution in [-0.4, -0.2) is 38.9 Å². The van der Waals surface area contributed by atoms with Crippen molar-refractivity contribution in [1.29, 1.82) is 0 Å². The third kappa shape index (κ3) is 5.66. The summed E-state index contributed by atoms with van der Waals surface area (Å²) < 4.78 is 1.75. The monoisotopic (exact) mass is 401 g/mol. The Kier molecular flexibility index (Phi) is 6.61. The molecular formula is C18H19N5O2S2. The number of carbonyl (C=O) groups excluding carboxylic acids is 2. The Hall–Kier alpha value is -2.65. The summed E-state index contributed by atoms with van der Waals surface area (Å²) >= 11 is 2.99. The normalized spacial score (nSPS) is 10.6. The second-order valence-corrected chi connectivity index (χ2v) is 7.70.